The van der Waals surface area contributed by atoms with Gasteiger partial charge in [0.15, 0.2) is 0 Å². The molecule has 0 fully saturated rings. The standard InChI is InChI=1S/C14H11ClFN3O2/c15-9-5-3-6-10(16)12(9)18-14(21)19-13(20)8-4-1-2-7-11(8)17/h1-7H,17H2,(H2,18,19,20,21). The molecule has 7 heteroatoms. The van der Waals surface area contributed by atoms with Gasteiger partial charge in [-0.05, 0) is 24.3 Å². The maximum absolute atomic E-state index is 13.5. The van der Waals surface area contributed by atoms with E-state index < -0.39 is 17.8 Å². The van der Waals surface area contributed by atoms with Gasteiger partial charge in [-0.3, -0.25) is 10.1 Å². The second-order valence-electron chi connectivity index (χ2n) is 4.09. The van der Waals surface area contributed by atoms with E-state index in [1.54, 1.807) is 12.1 Å². The summed E-state index contributed by atoms with van der Waals surface area (Å²) in [4.78, 5) is 23.6. The van der Waals surface area contributed by atoms with Crippen molar-refractivity contribution in [2.24, 2.45) is 0 Å². The van der Waals surface area contributed by atoms with Crippen LogP contribution in [0.2, 0.25) is 5.02 Å². The summed E-state index contributed by atoms with van der Waals surface area (Å²) in [7, 11) is 0. The number of hydrogen-bond donors (Lipinski definition) is 3. The van der Waals surface area contributed by atoms with Gasteiger partial charge in [0, 0.05) is 5.69 Å². The predicted molar refractivity (Wildman–Crippen MR) is 78.7 cm³/mol. The highest BCUT2D eigenvalue weighted by Crippen LogP contribution is 2.24. The summed E-state index contributed by atoms with van der Waals surface area (Å²) in [6.07, 6.45) is 0. The highest BCUT2D eigenvalue weighted by Gasteiger charge is 2.15. The zero-order valence-corrected chi connectivity index (χ0v) is 11.4. The molecule has 0 aliphatic carbocycles. The summed E-state index contributed by atoms with van der Waals surface area (Å²) in [5, 5.41) is 4.25. The van der Waals surface area contributed by atoms with Gasteiger partial charge in [0.25, 0.3) is 5.91 Å². The molecular weight excluding hydrogens is 297 g/mol. The molecule has 0 spiro atoms. The fraction of sp³-hybridized carbons (Fsp3) is 0. The third-order valence-corrected chi connectivity index (χ3v) is 2.95. The number of hydrogen-bond acceptors (Lipinski definition) is 3. The first-order chi connectivity index (χ1) is 9.99. The molecule has 0 saturated heterocycles. The zero-order valence-electron chi connectivity index (χ0n) is 10.7. The molecule has 4 N–H and O–H groups in total. The van der Waals surface area contributed by atoms with E-state index >= 15 is 0 Å². The van der Waals surface area contributed by atoms with Gasteiger partial charge in [0.1, 0.15) is 5.82 Å². The van der Waals surface area contributed by atoms with Crippen LogP contribution in [0.5, 0.6) is 0 Å². The molecule has 21 heavy (non-hydrogen) atoms. The number of anilines is 2. The quantitative estimate of drug-likeness (QED) is 0.746. The van der Waals surface area contributed by atoms with Crippen molar-refractivity contribution in [2.45, 2.75) is 0 Å². The van der Waals surface area contributed by atoms with Gasteiger partial charge in [-0.1, -0.05) is 29.8 Å². The number of amides is 3. The monoisotopic (exact) mass is 307 g/mol. The molecule has 0 heterocycles. The second kappa shape index (κ2) is 6.23. The molecule has 2 aromatic rings. The van der Waals surface area contributed by atoms with Crippen molar-refractivity contribution in [3.8, 4) is 0 Å². The Morgan fingerprint density at radius 1 is 1.10 bits per heavy atom. The second-order valence-corrected chi connectivity index (χ2v) is 4.50. The molecule has 2 rings (SSSR count). The third kappa shape index (κ3) is 3.49. The van der Waals surface area contributed by atoms with Crippen LogP contribution in [0.4, 0.5) is 20.6 Å². The Labute approximate surface area is 124 Å². The number of carbonyl (C=O) groups excluding carboxylic acids is 2. The molecule has 0 saturated carbocycles. The summed E-state index contributed by atoms with van der Waals surface area (Å²) in [5.41, 5.74) is 5.80. The van der Waals surface area contributed by atoms with Gasteiger partial charge in [0.05, 0.1) is 16.3 Å². The van der Waals surface area contributed by atoms with Crippen molar-refractivity contribution in [3.05, 3.63) is 58.9 Å². The first-order valence-electron chi connectivity index (χ1n) is 5.90. The van der Waals surface area contributed by atoms with Gasteiger partial charge >= 0.3 is 6.03 Å². The van der Waals surface area contributed by atoms with E-state index in [2.05, 4.69) is 5.32 Å². The maximum Gasteiger partial charge on any atom is 0.326 e. The topological polar surface area (TPSA) is 84.2 Å². The van der Waals surface area contributed by atoms with Crippen molar-refractivity contribution in [1.82, 2.24) is 5.32 Å². The summed E-state index contributed by atoms with van der Waals surface area (Å²) < 4.78 is 13.5. The number of benzene rings is 2. The predicted octanol–water partition coefficient (Wildman–Crippen LogP) is 3.02. The number of nitrogen functional groups attached to an aromatic ring is 1. The Balaban J connectivity index is 2.09. The zero-order chi connectivity index (χ0) is 15.4. The van der Waals surface area contributed by atoms with E-state index in [4.69, 9.17) is 17.3 Å². The SMILES string of the molecule is Nc1ccccc1C(=O)NC(=O)Nc1c(F)cccc1Cl. The van der Waals surface area contributed by atoms with E-state index in [-0.39, 0.29) is 22.0 Å². The molecular formula is C14H11ClFN3O2. The van der Waals surface area contributed by atoms with Crippen LogP contribution in [0.15, 0.2) is 42.5 Å². The van der Waals surface area contributed by atoms with E-state index in [9.17, 15) is 14.0 Å². The third-order valence-electron chi connectivity index (χ3n) is 2.63. The van der Waals surface area contributed by atoms with Crippen molar-refractivity contribution >= 4 is 34.9 Å². The number of halogens is 2. The molecule has 5 nitrogen and oxygen atoms in total. The first kappa shape index (κ1) is 14.8. The highest BCUT2D eigenvalue weighted by atomic mass is 35.5. The molecule has 0 bridgehead atoms. The number of nitrogens with one attached hydrogen (secondary N) is 2. The van der Waals surface area contributed by atoms with Crippen molar-refractivity contribution in [3.63, 3.8) is 0 Å². The summed E-state index contributed by atoms with van der Waals surface area (Å²) >= 11 is 5.76. The number of rotatable bonds is 2. The van der Waals surface area contributed by atoms with Gasteiger partial charge in [-0.15, -0.1) is 0 Å². The average molecular weight is 308 g/mol. The minimum Gasteiger partial charge on any atom is -0.398 e. The molecule has 0 unspecified atom stereocenters. The van der Waals surface area contributed by atoms with Gasteiger partial charge < -0.3 is 11.1 Å². The molecule has 0 atom stereocenters. The average Bonchev–Trinajstić information content (AvgIpc) is 2.43. The molecule has 0 aliphatic heterocycles. The Morgan fingerprint density at radius 2 is 1.81 bits per heavy atom. The number of nitrogens with two attached hydrogens (primary N) is 1. The smallest absolute Gasteiger partial charge is 0.326 e. The first-order valence-corrected chi connectivity index (χ1v) is 6.27. The van der Waals surface area contributed by atoms with E-state index in [1.165, 1.54) is 24.3 Å². The molecule has 108 valence electrons. The van der Waals surface area contributed by atoms with Crippen LogP contribution in [0.1, 0.15) is 10.4 Å². The summed E-state index contributed by atoms with van der Waals surface area (Å²) in [6.45, 7) is 0. The van der Waals surface area contributed by atoms with E-state index in [1.807, 2.05) is 5.32 Å². The lowest BCUT2D eigenvalue weighted by molar-refractivity contribution is 0.0968. The van der Waals surface area contributed by atoms with Crippen LogP contribution in [0.25, 0.3) is 0 Å². The summed E-state index contributed by atoms with van der Waals surface area (Å²) in [5.74, 6) is -1.40. The molecule has 0 radical (unpaired) electrons. The number of para-hydroxylation sites is 2. The maximum atomic E-state index is 13.5. The van der Waals surface area contributed by atoms with Crippen molar-refractivity contribution in [1.29, 1.82) is 0 Å². The normalized spacial score (nSPS) is 10.0. The summed E-state index contributed by atoms with van der Waals surface area (Å²) in [6, 6.07) is 9.30. The molecule has 3 amide bonds. The number of imide groups is 1. The highest BCUT2D eigenvalue weighted by molar-refractivity contribution is 6.33. The van der Waals surface area contributed by atoms with E-state index in [0.29, 0.717) is 0 Å². The lowest BCUT2D eigenvalue weighted by Crippen LogP contribution is -2.35. The van der Waals surface area contributed by atoms with E-state index in [0.717, 1.165) is 6.07 Å². The Kier molecular flexibility index (Phi) is 4.39. The lowest BCUT2D eigenvalue weighted by atomic mass is 10.2. The Bertz CT molecular complexity index is 686. The van der Waals surface area contributed by atoms with Crippen LogP contribution in [0.3, 0.4) is 0 Å². The van der Waals surface area contributed by atoms with Crippen molar-refractivity contribution in [2.75, 3.05) is 11.1 Å². The fourth-order valence-electron chi connectivity index (χ4n) is 1.64. The van der Waals surface area contributed by atoms with Crippen LogP contribution < -0.4 is 16.4 Å². The van der Waals surface area contributed by atoms with Gasteiger partial charge in [-0.25, -0.2) is 9.18 Å². The van der Waals surface area contributed by atoms with Crippen LogP contribution in [0, 0.1) is 5.82 Å². The van der Waals surface area contributed by atoms with Gasteiger partial charge in [0.2, 0.25) is 0 Å². The molecule has 0 aliphatic rings. The minimum atomic E-state index is -0.907. The van der Waals surface area contributed by atoms with Crippen LogP contribution >= 0.6 is 11.6 Å². The largest absolute Gasteiger partial charge is 0.398 e. The number of urea groups is 1. The number of carbonyl (C=O) groups is 2. The van der Waals surface area contributed by atoms with Crippen molar-refractivity contribution < 1.29 is 14.0 Å². The van der Waals surface area contributed by atoms with Crippen LogP contribution in [-0.4, -0.2) is 11.9 Å². The Morgan fingerprint density at radius 3 is 2.48 bits per heavy atom. The Hall–Kier alpha value is -2.60. The fourth-order valence-corrected chi connectivity index (χ4v) is 1.85. The molecule has 2 aromatic carbocycles. The molecule has 0 aromatic heterocycles. The van der Waals surface area contributed by atoms with Crippen LogP contribution in [-0.2, 0) is 0 Å². The minimum absolute atomic E-state index is 0.0248. The lowest BCUT2D eigenvalue weighted by Gasteiger charge is -2.10. The van der Waals surface area contributed by atoms with Gasteiger partial charge in [-0.2, -0.15) is 0 Å².